The molecule has 1 N–H and O–H groups in total. The van der Waals surface area contributed by atoms with Crippen LogP contribution in [0.1, 0.15) is 6.92 Å². The van der Waals surface area contributed by atoms with E-state index in [0.717, 1.165) is 0 Å². The van der Waals surface area contributed by atoms with E-state index in [0.29, 0.717) is 0 Å². The Morgan fingerprint density at radius 3 is 2.54 bits per heavy atom. The maximum Gasteiger partial charge on any atom is 0.410 e. The van der Waals surface area contributed by atoms with Gasteiger partial charge >= 0.3 is 12.1 Å². The van der Waals surface area contributed by atoms with Crippen molar-refractivity contribution in [3.8, 4) is 0 Å². The summed E-state index contributed by atoms with van der Waals surface area (Å²) in [6.07, 6.45) is -5.37. The Labute approximate surface area is 72.8 Å². The third kappa shape index (κ3) is 8.87. The Morgan fingerprint density at radius 2 is 2.15 bits per heavy atom. The van der Waals surface area contributed by atoms with Crippen LogP contribution >= 0.6 is 0 Å². The van der Waals surface area contributed by atoms with Crippen LogP contribution in [0, 0.1) is 0 Å². The molecule has 0 aromatic carbocycles. The van der Waals surface area contributed by atoms with Crippen LogP contribution in [-0.4, -0.2) is 30.0 Å². The average molecular weight is 198 g/mol. The number of esters is 1. The zero-order valence-corrected chi connectivity index (χ0v) is 6.84. The molecule has 0 heterocycles. The minimum atomic E-state index is -4.52. The summed E-state index contributed by atoms with van der Waals surface area (Å²) in [7, 11) is 0. The molecule has 6 heteroatoms. The number of carbonyl (C=O) groups is 1. The molecule has 0 spiro atoms. The summed E-state index contributed by atoms with van der Waals surface area (Å²) >= 11 is 0. The van der Waals surface area contributed by atoms with E-state index in [1.807, 2.05) is 0 Å². The van der Waals surface area contributed by atoms with E-state index in [-0.39, 0.29) is 18.8 Å². The van der Waals surface area contributed by atoms with Gasteiger partial charge in [0.2, 0.25) is 0 Å². The van der Waals surface area contributed by atoms with Crippen molar-refractivity contribution in [2.24, 2.45) is 0 Å². The normalized spacial score (nSPS) is 14.5. The van der Waals surface area contributed by atoms with Gasteiger partial charge in [-0.1, -0.05) is 0 Å². The van der Waals surface area contributed by atoms with Crippen LogP contribution in [0.5, 0.6) is 0 Å². The Kier molecular flexibility index (Phi) is 4.47. The predicted molar refractivity (Wildman–Crippen MR) is 37.8 cm³/mol. The van der Waals surface area contributed by atoms with Crippen molar-refractivity contribution in [3.63, 3.8) is 0 Å². The number of hydrogen-bond donors (Lipinski definition) is 1. The van der Waals surface area contributed by atoms with E-state index in [1.165, 1.54) is 6.92 Å². The lowest BCUT2D eigenvalue weighted by Crippen LogP contribution is -2.14. The average Bonchev–Trinajstić information content (AvgIpc) is 1.95. The van der Waals surface area contributed by atoms with Gasteiger partial charge in [-0.25, -0.2) is 4.79 Å². The zero-order valence-electron chi connectivity index (χ0n) is 6.84. The molecular weight excluding hydrogens is 189 g/mol. The van der Waals surface area contributed by atoms with E-state index in [9.17, 15) is 18.0 Å². The SMILES string of the molecule is CC(O)COC(=O)C=CC(F)(F)F. The van der Waals surface area contributed by atoms with Crippen LogP contribution in [0.25, 0.3) is 0 Å². The highest BCUT2D eigenvalue weighted by atomic mass is 19.4. The molecule has 0 aromatic heterocycles. The third-order valence-corrected chi connectivity index (χ3v) is 0.875. The number of rotatable bonds is 3. The fraction of sp³-hybridized carbons (Fsp3) is 0.571. The molecule has 0 aliphatic rings. The van der Waals surface area contributed by atoms with E-state index in [2.05, 4.69) is 4.74 Å². The summed E-state index contributed by atoms with van der Waals surface area (Å²) in [6, 6.07) is 0. The van der Waals surface area contributed by atoms with Gasteiger partial charge in [0.05, 0.1) is 6.10 Å². The molecule has 13 heavy (non-hydrogen) atoms. The van der Waals surface area contributed by atoms with E-state index < -0.39 is 18.2 Å². The monoisotopic (exact) mass is 198 g/mol. The van der Waals surface area contributed by atoms with Gasteiger partial charge in [-0.2, -0.15) is 13.2 Å². The lowest BCUT2D eigenvalue weighted by atomic mass is 10.4. The van der Waals surface area contributed by atoms with Crippen molar-refractivity contribution in [2.75, 3.05) is 6.61 Å². The van der Waals surface area contributed by atoms with Crippen molar-refractivity contribution in [2.45, 2.75) is 19.2 Å². The number of allylic oxidation sites excluding steroid dienone is 1. The molecule has 0 aliphatic carbocycles. The van der Waals surface area contributed by atoms with Gasteiger partial charge < -0.3 is 9.84 Å². The topological polar surface area (TPSA) is 46.5 Å². The first-order chi connectivity index (χ1) is 5.81. The highest BCUT2D eigenvalue weighted by Gasteiger charge is 2.22. The largest absolute Gasteiger partial charge is 0.460 e. The minimum Gasteiger partial charge on any atom is -0.460 e. The Balaban J connectivity index is 3.82. The van der Waals surface area contributed by atoms with E-state index >= 15 is 0 Å². The Morgan fingerprint density at radius 1 is 1.62 bits per heavy atom. The summed E-state index contributed by atoms with van der Waals surface area (Å²) in [4.78, 5) is 10.5. The summed E-state index contributed by atoms with van der Waals surface area (Å²) in [6.45, 7) is 1.03. The molecular formula is C7H9F3O3. The molecule has 0 radical (unpaired) electrons. The molecule has 0 amide bonds. The lowest BCUT2D eigenvalue weighted by molar-refractivity contribution is -0.141. The van der Waals surface area contributed by atoms with Crippen molar-refractivity contribution in [3.05, 3.63) is 12.2 Å². The third-order valence-electron chi connectivity index (χ3n) is 0.875. The minimum absolute atomic E-state index is 0.225. The van der Waals surface area contributed by atoms with Crippen LogP contribution in [0.3, 0.4) is 0 Å². The maximum atomic E-state index is 11.5. The Hall–Kier alpha value is -1.04. The van der Waals surface area contributed by atoms with E-state index in [1.54, 1.807) is 0 Å². The summed E-state index contributed by atoms with van der Waals surface area (Å²) < 4.78 is 38.6. The van der Waals surface area contributed by atoms with Crippen molar-refractivity contribution in [1.29, 1.82) is 0 Å². The predicted octanol–water partition coefficient (Wildman–Crippen LogP) is 1.03. The zero-order chi connectivity index (χ0) is 10.5. The number of alkyl halides is 3. The second-order valence-electron chi connectivity index (χ2n) is 2.35. The molecule has 1 unspecified atom stereocenters. The highest BCUT2D eigenvalue weighted by molar-refractivity contribution is 5.82. The first-order valence-electron chi connectivity index (χ1n) is 3.42. The molecule has 0 rings (SSSR count). The molecule has 0 fully saturated rings. The van der Waals surface area contributed by atoms with Gasteiger partial charge in [-0.05, 0) is 6.92 Å². The number of carbonyl (C=O) groups excluding carboxylic acids is 1. The summed E-state index contributed by atoms with van der Waals surface area (Å²) in [5.41, 5.74) is 0. The van der Waals surface area contributed by atoms with Gasteiger partial charge in [0, 0.05) is 12.2 Å². The smallest absolute Gasteiger partial charge is 0.410 e. The fourth-order valence-corrected chi connectivity index (χ4v) is 0.413. The van der Waals surface area contributed by atoms with Gasteiger partial charge in [-0.3, -0.25) is 0 Å². The molecule has 0 bridgehead atoms. The summed E-state index contributed by atoms with van der Waals surface area (Å²) in [5.74, 6) is -1.13. The molecule has 76 valence electrons. The number of ether oxygens (including phenoxy) is 1. The van der Waals surface area contributed by atoms with Gasteiger partial charge in [0.25, 0.3) is 0 Å². The molecule has 0 saturated carbocycles. The first kappa shape index (κ1) is 12.0. The van der Waals surface area contributed by atoms with Crippen LogP contribution in [-0.2, 0) is 9.53 Å². The summed E-state index contributed by atoms with van der Waals surface area (Å²) in [5, 5.41) is 8.61. The van der Waals surface area contributed by atoms with Crippen molar-refractivity contribution in [1.82, 2.24) is 0 Å². The second-order valence-corrected chi connectivity index (χ2v) is 2.35. The van der Waals surface area contributed by atoms with Crippen molar-refractivity contribution < 1.29 is 27.8 Å². The van der Waals surface area contributed by atoms with E-state index in [4.69, 9.17) is 5.11 Å². The molecule has 0 saturated heterocycles. The van der Waals surface area contributed by atoms with Gasteiger partial charge in [0.1, 0.15) is 6.61 Å². The highest BCUT2D eigenvalue weighted by Crippen LogP contribution is 2.15. The molecule has 3 nitrogen and oxygen atoms in total. The number of halogens is 3. The van der Waals surface area contributed by atoms with Crippen LogP contribution in [0.15, 0.2) is 12.2 Å². The van der Waals surface area contributed by atoms with Gasteiger partial charge in [-0.15, -0.1) is 0 Å². The standard InChI is InChI=1S/C7H9F3O3/c1-5(11)4-13-6(12)2-3-7(8,9)10/h2-3,5,11H,4H2,1H3. The van der Waals surface area contributed by atoms with Gasteiger partial charge in [0.15, 0.2) is 0 Å². The number of hydrogen-bond acceptors (Lipinski definition) is 3. The first-order valence-corrected chi connectivity index (χ1v) is 3.42. The quantitative estimate of drug-likeness (QED) is 0.544. The van der Waals surface area contributed by atoms with Crippen LogP contribution < -0.4 is 0 Å². The second kappa shape index (κ2) is 4.86. The van der Waals surface area contributed by atoms with Crippen LogP contribution in [0.2, 0.25) is 0 Å². The van der Waals surface area contributed by atoms with Crippen LogP contribution in [0.4, 0.5) is 13.2 Å². The molecule has 1 atom stereocenters. The number of aliphatic hydroxyl groups excluding tert-OH is 1. The molecule has 0 aromatic rings. The fourth-order valence-electron chi connectivity index (χ4n) is 0.413. The molecule has 0 aliphatic heterocycles. The lowest BCUT2D eigenvalue weighted by Gasteiger charge is -2.03. The van der Waals surface area contributed by atoms with Crippen molar-refractivity contribution >= 4 is 5.97 Å². The number of aliphatic hydroxyl groups is 1. The Bertz CT molecular complexity index is 196. The maximum absolute atomic E-state index is 11.5.